The predicted molar refractivity (Wildman–Crippen MR) is 74.1 cm³/mol. The maximum Gasteiger partial charge on any atom is 0.334 e. The molecule has 0 spiro atoms. The van der Waals surface area contributed by atoms with Gasteiger partial charge in [0.25, 0.3) is 0 Å². The summed E-state index contributed by atoms with van der Waals surface area (Å²) in [6.07, 6.45) is 0. The highest BCUT2D eigenvalue weighted by Crippen LogP contribution is 2.29. The Kier molecular flexibility index (Phi) is 3.98. The van der Waals surface area contributed by atoms with Gasteiger partial charge in [0.2, 0.25) is 0 Å². The summed E-state index contributed by atoms with van der Waals surface area (Å²) in [5.74, 6) is -0.395. The highest BCUT2D eigenvalue weighted by atomic mass is 16.5. The van der Waals surface area contributed by atoms with E-state index in [0.717, 1.165) is 11.1 Å². The number of para-hydroxylation sites is 1. The predicted octanol–water partition coefficient (Wildman–Crippen LogP) is 3.37. The molecule has 0 aliphatic rings. The van der Waals surface area contributed by atoms with Gasteiger partial charge in [0.15, 0.2) is 0 Å². The van der Waals surface area contributed by atoms with Crippen LogP contribution in [0.25, 0.3) is 11.1 Å². The minimum atomic E-state index is -1.04. The number of carbonyl (C=O) groups is 1. The zero-order chi connectivity index (χ0) is 13.7. The molecule has 0 amide bonds. The summed E-state index contributed by atoms with van der Waals surface area (Å²) < 4.78 is 5.53. The minimum absolute atomic E-state index is 0.0286. The molecule has 0 aromatic heterocycles. The van der Waals surface area contributed by atoms with Crippen molar-refractivity contribution in [3.8, 4) is 16.9 Å². The molecule has 2 aromatic rings. The van der Waals surface area contributed by atoms with Crippen molar-refractivity contribution in [2.75, 3.05) is 6.61 Å². The zero-order valence-corrected chi connectivity index (χ0v) is 10.4. The second kappa shape index (κ2) is 5.87. The van der Waals surface area contributed by atoms with Crippen LogP contribution in [-0.4, -0.2) is 17.7 Å². The van der Waals surface area contributed by atoms with E-state index in [9.17, 15) is 4.79 Å². The normalized spacial score (nSPS) is 9.89. The molecule has 3 heteroatoms. The topological polar surface area (TPSA) is 46.5 Å². The molecule has 96 valence electrons. The van der Waals surface area contributed by atoms with Gasteiger partial charge in [-0.05, 0) is 11.6 Å². The molecule has 3 nitrogen and oxygen atoms in total. The molecule has 0 atom stereocenters. The van der Waals surface area contributed by atoms with Gasteiger partial charge >= 0.3 is 5.97 Å². The Hall–Kier alpha value is -2.55. The molecule has 1 N–H and O–H groups in total. The molecule has 0 aliphatic carbocycles. The smallest absolute Gasteiger partial charge is 0.334 e. The second-order valence-corrected chi connectivity index (χ2v) is 4.06. The van der Waals surface area contributed by atoms with Crippen molar-refractivity contribution in [1.29, 1.82) is 0 Å². The molecule has 0 saturated carbocycles. The lowest BCUT2D eigenvalue weighted by atomic mass is 10.1. The first kappa shape index (κ1) is 12.9. The van der Waals surface area contributed by atoms with Crippen molar-refractivity contribution < 1.29 is 14.6 Å². The molecular weight excluding hydrogens is 240 g/mol. The number of hydrogen-bond donors (Lipinski definition) is 1. The summed E-state index contributed by atoms with van der Waals surface area (Å²) in [6, 6.07) is 17.3. The van der Waals surface area contributed by atoms with Crippen LogP contribution in [0.4, 0.5) is 0 Å². The Morgan fingerprint density at radius 3 is 2.37 bits per heavy atom. The minimum Gasteiger partial charge on any atom is -0.488 e. The fourth-order valence-electron chi connectivity index (χ4n) is 1.68. The molecule has 0 aliphatic heterocycles. The Morgan fingerprint density at radius 1 is 1.05 bits per heavy atom. The van der Waals surface area contributed by atoms with Gasteiger partial charge < -0.3 is 9.84 Å². The number of aliphatic carboxylic acids is 1. The molecular formula is C16H14O3. The van der Waals surface area contributed by atoms with E-state index in [1.54, 1.807) is 0 Å². The fourth-order valence-corrected chi connectivity index (χ4v) is 1.68. The van der Waals surface area contributed by atoms with E-state index in [2.05, 4.69) is 6.58 Å². The number of carboxylic acids is 1. The van der Waals surface area contributed by atoms with Gasteiger partial charge in [-0.25, -0.2) is 4.79 Å². The molecule has 2 rings (SSSR count). The molecule has 0 radical (unpaired) electrons. The van der Waals surface area contributed by atoms with Gasteiger partial charge in [-0.2, -0.15) is 0 Å². The summed E-state index contributed by atoms with van der Waals surface area (Å²) in [5.41, 5.74) is 1.99. The first-order valence-electron chi connectivity index (χ1n) is 5.87. The third kappa shape index (κ3) is 3.22. The number of benzene rings is 2. The molecule has 0 saturated heterocycles. The zero-order valence-electron chi connectivity index (χ0n) is 10.4. The van der Waals surface area contributed by atoms with Gasteiger partial charge in [-0.1, -0.05) is 55.1 Å². The quantitative estimate of drug-likeness (QED) is 0.832. The van der Waals surface area contributed by atoms with E-state index in [0.29, 0.717) is 5.75 Å². The van der Waals surface area contributed by atoms with Crippen molar-refractivity contribution in [1.82, 2.24) is 0 Å². The maximum absolute atomic E-state index is 10.7. The number of carboxylic acid groups (broad SMARTS) is 1. The third-order valence-electron chi connectivity index (χ3n) is 2.68. The van der Waals surface area contributed by atoms with E-state index in [-0.39, 0.29) is 12.2 Å². The van der Waals surface area contributed by atoms with Crippen LogP contribution in [0.2, 0.25) is 0 Å². The highest BCUT2D eigenvalue weighted by Gasteiger charge is 2.08. The van der Waals surface area contributed by atoms with E-state index >= 15 is 0 Å². The molecule has 0 bridgehead atoms. The maximum atomic E-state index is 10.7. The van der Waals surface area contributed by atoms with E-state index in [1.807, 2.05) is 54.6 Å². The van der Waals surface area contributed by atoms with Crippen LogP contribution in [0.5, 0.6) is 5.75 Å². The van der Waals surface area contributed by atoms with Crippen LogP contribution in [0.1, 0.15) is 0 Å². The summed E-state index contributed by atoms with van der Waals surface area (Å²) in [4.78, 5) is 10.7. The highest BCUT2D eigenvalue weighted by molar-refractivity contribution is 5.86. The van der Waals surface area contributed by atoms with Gasteiger partial charge in [0, 0.05) is 5.56 Å². The third-order valence-corrected chi connectivity index (χ3v) is 2.68. The van der Waals surface area contributed by atoms with Gasteiger partial charge in [-0.15, -0.1) is 0 Å². The molecule has 0 unspecified atom stereocenters. The summed E-state index contributed by atoms with van der Waals surface area (Å²) >= 11 is 0. The molecule has 0 fully saturated rings. The Labute approximate surface area is 111 Å². The second-order valence-electron chi connectivity index (χ2n) is 4.06. The van der Waals surface area contributed by atoms with Crippen LogP contribution < -0.4 is 4.74 Å². The standard InChI is InChI=1S/C16H14O3/c1-12(16(17)18)11-19-15-10-6-5-9-14(15)13-7-3-2-4-8-13/h2-10H,1,11H2,(H,17,18). The van der Waals surface area contributed by atoms with Gasteiger partial charge in [0.1, 0.15) is 12.4 Å². The van der Waals surface area contributed by atoms with E-state index in [4.69, 9.17) is 9.84 Å². The van der Waals surface area contributed by atoms with Crippen LogP contribution in [0, 0.1) is 0 Å². The molecule has 0 heterocycles. The lowest BCUT2D eigenvalue weighted by Gasteiger charge is -2.11. The molecule has 2 aromatic carbocycles. The fraction of sp³-hybridized carbons (Fsp3) is 0.0625. The van der Waals surface area contributed by atoms with Crippen molar-refractivity contribution >= 4 is 5.97 Å². The van der Waals surface area contributed by atoms with Gasteiger partial charge in [0.05, 0.1) is 5.57 Å². The number of ether oxygens (including phenoxy) is 1. The van der Waals surface area contributed by atoms with Crippen LogP contribution >= 0.6 is 0 Å². The van der Waals surface area contributed by atoms with Crippen LogP contribution in [0.3, 0.4) is 0 Å². The first-order valence-corrected chi connectivity index (χ1v) is 5.87. The summed E-state index contributed by atoms with van der Waals surface area (Å²) in [6.45, 7) is 3.42. The van der Waals surface area contributed by atoms with Gasteiger partial charge in [-0.3, -0.25) is 0 Å². The summed E-state index contributed by atoms with van der Waals surface area (Å²) in [7, 11) is 0. The lowest BCUT2D eigenvalue weighted by molar-refractivity contribution is -0.133. The summed E-state index contributed by atoms with van der Waals surface area (Å²) in [5, 5.41) is 8.77. The number of rotatable bonds is 5. The number of hydrogen-bond acceptors (Lipinski definition) is 2. The van der Waals surface area contributed by atoms with Crippen LogP contribution in [-0.2, 0) is 4.79 Å². The Bertz CT molecular complexity index is 588. The van der Waals surface area contributed by atoms with E-state index < -0.39 is 5.97 Å². The van der Waals surface area contributed by atoms with Crippen molar-refractivity contribution in [3.63, 3.8) is 0 Å². The lowest BCUT2D eigenvalue weighted by Crippen LogP contribution is -2.09. The average Bonchev–Trinajstić information content (AvgIpc) is 2.46. The Morgan fingerprint density at radius 2 is 1.68 bits per heavy atom. The monoisotopic (exact) mass is 254 g/mol. The van der Waals surface area contributed by atoms with Crippen molar-refractivity contribution in [2.45, 2.75) is 0 Å². The SMILES string of the molecule is C=C(COc1ccccc1-c1ccccc1)C(=O)O. The van der Waals surface area contributed by atoms with E-state index in [1.165, 1.54) is 0 Å². The van der Waals surface area contributed by atoms with Crippen molar-refractivity contribution in [3.05, 3.63) is 66.7 Å². The van der Waals surface area contributed by atoms with Crippen molar-refractivity contribution in [2.24, 2.45) is 0 Å². The molecule has 19 heavy (non-hydrogen) atoms. The van der Waals surface area contributed by atoms with Crippen LogP contribution in [0.15, 0.2) is 66.7 Å². The Balaban J connectivity index is 2.22. The first-order chi connectivity index (χ1) is 9.18. The average molecular weight is 254 g/mol. The largest absolute Gasteiger partial charge is 0.488 e.